The summed E-state index contributed by atoms with van der Waals surface area (Å²) in [7, 11) is -3.86. The second kappa shape index (κ2) is 10.7. The maximum atomic E-state index is 13.6. The van der Waals surface area contributed by atoms with E-state index in [1.807, 2.05) is 17.0 Å². The van der Waals surface area contributed by atoms with Gasteiger partial charge in [-0.25, -0.2) is 22.4 Å². The van der Waals surface area contributed by atoms with Crippen molar-refractivity contribution in [3.8, 4) is 11.3 Å². The molecule has 43 heavy (non-hydrogen) atoms. The highest BCUT2D eigenvalue weighted by Gasteiger charge is 2.43. The zero-order valence-corrected chi connectivity index (χ0v) is 24.7. The SMILES string of the molecule is Nc1ccc(C(=O)N2[C@@H]3CC[C@H]2C[C@@H](Nc2ncc(Cl)c(-c4cn(S(=O)(=O)c5ccccc5)c5ccccc45)n2)C3)cc1. The van der Waals surface area contributed by atoms with Crippen molar-refractivity contribution in [2.75, 3.05) is 11.1 Å². The van der Waals surface area contributed by atoms with Crippen molar-refractivity contribution < 1.29 is 13.2 Å². The number of halogens is 1. The standard InChI is InChI=1S/C32H29ClN6O3S/c33-28-18-35-32(36-22-16-23-14-15-24(17-22)39(23)31(40)20-10-12-21(34)13-11-20)37-30(28)27-19-38(29-9-5-4-8-26(27)29)43(41,42)25-6-2-1-3-7-25/h1-13,18-19,22-24H,14-17,34H2,(H,35,36,37)/t22-,23+,24-. The van der Waals surface area contributed by atoms with Gasteiger partial charge in [0.25, 0.3) is 15.9 Å². The number of carbonyl (C=O) groups excluding carboxylic acids is 1. The Hall–Kier alpha value is -4.41. The van der Waals surface area contributed by atoms with Crippen molar-refractivity contribution in [1.29, 1.82) is 0 Å². The molecule has 3 aromatic carbocycles. The number of anilines is 2. The van der Waals surface area contributed by atoms with Crippen LogP contribution >= 0.6 is 11.6 Å². The lowest BCUT2D eigenvalue weighted by Crippen LogP contribution is -2.49. The predicted molar refractivity (Wildman–Crippen MR) is 167 cm³/mol. The lowest BCUT2D eigenvalue weighted by Gasteiger charge is -2.39. The number of para-hydroxylation sites is 1. The van der Waals surface area contributed by atoms with Crippen LogP contribution in [-0.4, -0.2) is 51.3 Å². The number of fused-ring (bicyclic) bond motifs is 3. The predicted octanol–water partition coefficient (Wildman–Crippen LogP) is 5.82. The average Bonchev–Trinajstić information content (AvgIpc) is 3.54. The molecule has 0 unspecified atom stereocenters. The molecule has 0 spiro atoms. The van der Waals surface area contributed by atoms with E-state index in [0.29, 0.717) is 44.4 Å². The molecule has 0 saturated carbocycles. The van der Waals surface area contributed by atoms with Crippen LogP contribution in [0.5, 0.6) is 0 Å². The molecule has 1 amide bonds. The van der Waals surface area contributed by atoms with Gasteiger partial charge in [0.2, 0.25) is 5.95 Å². The smallest absolute Gasteiger partial charge is 0.268 e. The molecule has 4 heterocycles. The number of nitrogens with one attached hydrogen (secondary N) is 1. The highest BCUT2D eigenvalue weighted by Crippen LogP contribution is 2.39. The molecule has 218 valence electrons. The first-order valence-corrected chi connectivity index (χ1v) is 16.0. The minimum atomic E-state index is -3.86. The molecule has 2 aliphatic rings. The van der Waals surface area contributed by atoms with Crippen LogP contribution in [0.15, 0.2) is 96.2 Å². The van der Waals surface area contributed by atoms with E-state index in [0.717, 1.165) is 25.7 Å². The van der Waals surface area contributed by atoms with E-state index in [-0.39, 0.29) is 28.9 Å². The van der Waals surface area contributed by atoms with Crippen molar-refractivity contribution in [3.05, 3.63) is 102 Å². The molecule has 2 aromatic heterocycles. The molecule has 2 aliphatic heterocycles. The van der Waals surface area contributed by atoms with E-state index in [9.17, 15) is 13.2 Å². The van der Waals surface area contributed by atoms with Gasteiger partial charge in [0.15, 0.2) is 0 Å². The van der Waals surface area contributed by atoms with Gasteiger partial charge in [-0.3, -0.25) is 4.79 Å². The number of benzene rings is 3. The molecule has 3 N–H and O–H groups in total. The molecule has 0 aliphatic carbocycles. The van der Waals surface area contributed by atoms with Gasteiger partial charge in [0.1, 0.15) is 0 Å². The van der Waals surface area contributed by atoms with Crippen molar-refractivity contribution >= 4 is 50.1 Å². The number of hydrogen-bond acceptors (Lipinski definition) is 7. The topological polar surface area (TPSA) is 123 Å². The van der Waals surface area contributed by atoms with E-state index < -0.39 is 10.0 Å². The van der Waals surface area contributed by atoms with Crippen LogP contribution in [0.1, 0.15) is 36.0 Å². The third-order valence-electron chi connectivity index (χ3n) is 8.44. The minimum Gasteiger partial charge on any atom is -0.399 e. The van der Waals surface area contributed by atoms with Crippen LogP contribution in [0.2, 0.25) is 5.02 Å². The highest BCUT2D eigenvalue weighted by molar-refractivity contribution is 7.90. The third kappa shape index (κ3) is 4.90. The van der Waals surface area contributed by atoms with Gasteiger partial charge in [0, 0.05) is 46.5 Å². The second-order valence-corrected chi connectivity index (χ2v) is 13.3. The first-order valence-electron chi connectivity index (χ1n) is 14.2. The fourth-order valence-corrected chi connectivity index (χ4v) is 8.04. The molecular weight excluding hydrogens is 584 g/mol. The Morgan fingerprint density at radius 1 is 0.930 bits per heavy atom. The van der Waals surface area contributed by atoms with E-state index in [1.165, 1.54) is 3.97 Å². The number of aromatic nitrogens is 3. The van der Waals surface area contributed by atoms with Crippen LogP contribution in [0.4, 0.5) is 11.6 Å². The summed E-state index contributed by atoms with van der Waals surface area (Å²) in [4.78, 5) is 24.8. The summed E-state index contributed by atoms with van der Waals surface area (Å²) in [6.45, 7) is 0. The summed E-state index contributed by atoms with van der Waals surface area (Å²) >= 11 is 6.63. The normalized spacial score (nSPS) is 19.9. The van der Waals surface area contributed by atoms with E-state index >= 15 is 0 Å². The summed E-state index contributed by atoms with van der Waals surface area (Å²) < 4.78 is 28.5. The molecule has 5 aromatic rings. The quantitative estimate of drug-likeness (QED) is 0.232. The largest absolute Gasteiger partial charge is 0.399 e. The summed E-state index contributed by atoms with van der Waals surface area (Å²) in [5, 5.41) is 4.50. The molecule has 7 rings (SSSR count). The summed E-state index contributed by atoms with van der Waals surface area (Å²) in [6, 6.07) is 23.0. The van der Waals surface area contributed by atoms with Crippen molar-refractivity contribution in [3.63, 3.8) is 0 Å². The summed E-state index contributed by atoms with van der Waals surface area (Å²) in [5.74, 6) is 0.447. The number of nitrogens with two attached hydrogens (primary N) is 1. The maximum Gasteiger partial charge on any atom is 0.268 e. The number of nitrogen functional groups attached to an aromatic ring is 1. The molecule has 11 heteroatoms. The van der Waals surface area contributed by atoms with E-state index in [2.05, 4.69) is 10.3 Å². The highest BCUT2D eigenvalue weighted by atomic mass is 35.5. The Bertz CT molecular complexity index is 1930. The fourth-order valence-electron chi connectivity index (χ4n) is 6.45. The molecule has 2 bridgehead atoms. The Labute approximate surface area is 254 Å². The molecule has 2 saturated heterocycles. The van der Waals surface area contributed by atoms with Crippen molar-refractivity contribution in [2.24, 2.45) is 0 Å². The third-order valence-corrected chi connectivity index (χ3v) is 10.4. The number of carbonyl (C=O) groups is 1. The van der Waals surface area contributed by atoms with Gasteiger partial charge in [-0.2, -0.15) is 0 Å². The summed E-state index contributed by atoms with van der Waals surface area (Å²) in [6.07, 6.45) is 6.56. The summed E-state index contributed by atoms with van der Waals surface area (Å²) in [5.41, 5.74) is 8.65. The van der Waals surface area contributed by atoms with Crippen molar-refractivity contribution in [1.82, 2.24) is 18.8 Å². The number of hydrogen-bond donors (Lipinski definition) is 2. The van der Waals surface area contributed by atoms with Gasteiger partial charge in [-0.15, -0.1) is 0 Å². The van der Waals surface area contributed by atoms with Crippen LogP contribution in [0.3, 0.4) is 0 Å². The molecule has 2 fully saturated rings. The number of piperidine rings is 1. The van der Waals surface area contributed by atoms with E-state index in [1.54, 1.807) is 79.1 Å². The Balaban J connectivity index is 1.17. The molecule has 9 nitrogen and oxygen atoms in total. The lowest BCUT2D eigenvalue weighted by molar-refractivity contribution is 0.0582. The zero-order chi connectivity index (χ0) is 29.7. The lowest BCUT2D eigenvalue weighted by atomic mass is 9.96. The first kappa shape index (κ1) is 27.4. The monoisotopic (exact) mass is 612 g/mol. The number of nitrogens with zero attached hydrogens (tertiary/aromatic N) is 4. The Kier molecular flexibility index (Phi) is 6.82. The van der Waals surface area contributed by atoms with Gasteiger partial charge in [-0.1, -0.05) is 48.0 Å². The number of rotatable bonds is 6. The van der Waals surface area contributed by atoms with Gasteiger partial charge in [0.05, 0.1) is 27.3 Å². The zero-order valence-electron chi connectivity index (χ0n) is 23.1. The average molecular weight is 613 g/mol. The first-order chi connectivity index (χ1) is 20.8. The van der Waals surface area contributed by atoms with Crippen LogP contribution in [-0.2, 0) is 10.0 Å². The van der Waals surface area contributed by atoms with Crippen LogP contribution < -0.4 is 11.1 Å². The number of amides is 1. The van der Waals surface area contributed by atoms with Gasteiger partial charge in [-0.05, 0) is 68.1 Å². The molecule has 0 radical (unpaired) electrons. The Morgan fingerprint density at radius 3 is 2.33 bits per heavy atom. The minimum absolute atomic E-state index is 0.0397. The van der Waals surface area contributed by atoms with Crippen LogP contribution in [0.25, 0.3) is 22.2 Å². The maximum absolute atomic E-state index is 13.6. The Morgan fingerprint density at radius 2 is 1.60 bits per heavy atom. The van der Waals surface area contributed by atoms with Gasteiger partial charge < -0.3 is 16.0 Å². The van der Waals surface area contributed by atoms with Crippen molar-refractivity contribution in [2.45, 2.75) is 48.7 Å². The molecule has 3 atom stereocenters. The van der Waals surface area contributed by atoms with Gasteiger partial charge >= 0.3 is 0 Å². The second-order valence-electron chi connectivity index (χ2n) is 11.1. The fraction of sp³-hybridized carbons (Fsp3) is 0.219. The molecular formula is C32H29ClN6O3S. The van der Waals surface area contributed by atoms with E-state index in [4.69, 9.17) is 22.3 Å². The van der Waals surface area contributed by atoms with Crippen LogP contribution in [0, 0.1) is 0 Å².